The molecule has 0 aliphatic carbocycles. The molecule has 0 atom stereocenters. The minimum absolute atomic E-state index is 0. The molecule has 0 spiro atoms. The van der Waals surface area contributed by atoms with E-state index in [4.69, 9.17) is 19.9 Å². The summed E-state index contributed by atoms with van der Waals surface area (Å²) in [4.78, 5) is 10.8. The third kappa shape index (κ3) is 7.31. The van der Waals surface area contributed by atoms with Gasteiger partial charge in [-0.25, -0.2) is 0 Å². The van der Waals surface area contributed by atoms with E-state index in [0.717, 1.165) is 16.6 Å². The Kier molecular flexibility index (Phi) is 11.0. The Morgan fingerprint density at radius 2 is 2.09 bits per heavy atom. The number of halogens is 2. The Morgan fingerprint density at radius 1 is 1.36 bits per heavy atom. The summed E-state index contributed by atoms with van der Waals surface area (Å²) in [6, 6.07) is 3.79. The molecule has 0 saturated carbocycles. The lowest BCUT2D eigenvalue weighted by Gasteiger charge is -2.15. The molecule has 0 bridgehead atoms. The van der Waals surface area contributed by atoms with Crippen LogP contribution in [0.1, 0.15) is 12.5 Å². The monoisotopic (exact) mass is 396 g/mol. The number of methoxy groups -OCH3 is 1. The van der Waals surface area contributed by atoms with Gasteiger partial charge in [0.25, 0.3) is 5.91 Å². The van der Waals surface area contributed by atoms with Crippen LogP contribution in [-0.4, -0.2) is 39.4 Å². The summed E-state index contributed by atoms with van der Waals surface area (Å²) < 4.78 is 16.7. The first-order chi connectivity index (χ1) is 10.1. The number of hydrogen-bond acceptors (Lipinski definition) is 5. The van der Waals surface area contributed by atoms with Crippen molar-refractivity contribution in [2.45, 2.75) is 13.5 Å². The highest BCUT2D eigenvalue weighted by Crippen LogP contribution is 2.36. The van der Waals surface area contributed by atoms with Crippen LogP contribution in [0, 0.1) is 0 Å². The Hall–Kier alpha value is -1.02. The summed E-state index contributed by atoms with van der Waals surface area (Å²) in [5.41, 5.74) is 6.13. The van der Waals surface area contributed by atoms with Gasteiger partial charge in [-0.05, 0) is 40.5 Å². The molecule has 22 heavy (non-hydrogen) atoms. The van der Waals surface area contributed by atoms with Crippen molar-refractivity contribution in [2.24, 2.45) is 5.73 Å². The van der Waals surface area contributed by atoms with Crippen LogP contribution in [0.15, 0.2) is 16.6 Å². The van der Waals surface area contributed by atoms with Crippen molar-refractivity contribution in [3.8, 4) is 11.5 Å². The summed E-state index contributed by atoms with van der Waals surface area (Å²) in [5, 5.41) is 3.25. The number of carbonyl (C=O) groups excluding carboxylic acids is 1. The number of rotatable bonds is 10. The Morgan fingerprint density at radius 3 is 2.68 bits per heavy atom. The van der Waals surface area contributed by atoms with E-state index >= 15 is 0 Å². The van der Waals surface area contributed by atoms with Gasteiger partial charge in [-0.1, -0.05) is 0 Å². The lowest BCUT2D eigenvalue weighted by molar-refractivity contribution is -0.119. The first-order valence-corrected chi connectivity index (χ1v) is 7.43. The molecule has 0 heterocycles. The van der Waals surface area contributed by atoms with Crippen molar-refractivity contribution in [3.63, 3.8) is 0 Å². The maximum Gasteiger partial charge on any atom is 0.255 e. The lowest BCUT2D eigenvalue weighted by atomic mass is 10.2. The zero-order valence-electron chi connectivity index (χ0n) is 12.7. The zero-order chi connectivity index (χ0) is 15.7. The van der Waals surface area contributed by atoms with Gasteiger partial charge in [0.05, 0.1) is 17.7 Å². The van der Waals surface area contributed by atoms with E-state index in [2.05, 4.69) is 21.2 Å². The van der Waals surface area contributed by atoms with Gasteiger partial charge >= 0.3 is 0 Å². The van der Waals surface area contributed by atoms with Crippen molar-refractivity contribution in [1.29, 1.82) is 0 Å². The van der Waals surface area contributed by atoms with Gasteiger partial charge in [-0.2, -0.15) is 0 Å². The van der Waals surface area contributed by atoms with Crippen LogP contribution in [0.5, 0.6) is 11.5 Å². The lowest BCUT2D eigenvalue weighted by Crippen LogP contribution is -2.21. The fraction of sp³-hybridized carbons (Fsp3) is 0.500. The zero-order valence-corrected chi connectivity index (χ0v) is 15.1. The summed E-state index contributed by atoms with van der Waals surface area (Å²) in [6.45, 7) is 4.29. The number of hydrogen-bond donors (Lipinski definition) is 2. The molecule has 0 unspecified atom stereocenters. The molecule has 0 aliphatic rings. The van der Waals surface area contributed by atoms with Crippen LogP contribution in [0.25, 0.3) is 0 Å². The van der Waals surface area contributed by atoms with Crippen LogP contribution in [0.3, 0.4) is 0 Å². The van der Waals surface area contributed by atoms with Crippen LogP contribution < -0.4 is 20.5 Å². The van der Waals surface area contributed by atoms with Gasteiger partial charge in [-0.3, -0.25) is 4.79 Å². The highest BCUT2D eigenvalue weighted by molar-refractivity contribution is 9.10. The number of benzene rings is 1. The molecule has 1 aromatic rings. The normalized spacial score (nSPS) is 9.95. The number of nitrogens with two attached hydrogens (primary N) is 1. The quantitative estimate of drug-likeness (QED) is 0.589. The topological polar surface area (TPSA) is 82.8 Å². The number of amides is 1. The maximum atomic E-state index is 10.8. The predicted octanol–water partition coefficient (Wildman–Crippen LogP) is 1.87. The van der Waals surface area contributed by atoms with Crippen molar-refractivity contribution < 1.29 is 19.0 Å². The minimum Gasteiger partial charge on any atom is -0.490 e. The second-order valence-electron chi connectivity index (χ2n) is 4.26. The van der Waals surface area contributed by atoms with Crippen molar-refractivity contribution in [2.75, 3.05) is 33.5 Å². The molecule has 6 nitrogen and oxygen atoms in total. The average Bonchev–Trinajstić information content (AvgIpc) is 2.43. The van der Waals surface area contributed by atoms with Gasteiger partial charge in [-0.15, -0.1) is 12.4 Å². The number of nitrogens with one attached hydrogen (secondary N) is 1. The number of carbonyl (C=O) groups is 1. The summed E-state index contributed by atoms with van der Waals surface area (Å²) in [5.74, 6) is 0.530. The van der Waals surface area contributed by atoms with Gasteiger partial charge < -0.3 is 25.3 Å². The standard InChI is InChI=1S/C14H21BrN2O4.ClH/c1-3-20-12-7-10(8-17-4-5-19-2)6-11(15)14(12)21-9-13(16)18;/h6-7,17H,3-5,8-9H2,1-2H3,(H2,16,18);1H. The van der Waals surface area contributed by atoms with E-state index in [1.54, 1.807) is 7.11 Å². The van der Waals surface area contributed by atoms with Gasteiger partial charge in [0.2, 0.25) is 0 Å². The third-order valence-electron chi connectivity index (χ3n) is 2.54. The third-order valence-corrected chi connectivity index (χ3v) is 3.13. The molecule has 8 heteroatoms. The van der Waals surface area contributed by atoms with Crippen molar-refractivity contribution >= 4 is 34.2 Å². The second-order valence-corrected chi connectivity index (χ2v) is 5.12. The molecule has 0 aromatic heterocycles. The van der Waals surface area contributed by atoms with Gasteiger partial charge in [0.15, 0.2) is 18.1 Å². The predicted molar refractivity (Wildman–Crippen MR) is 90.8 cm³/mol. The molecular formula is C14H22BrClN2O4. The average molecular weight is 398 g/mol. The molecule has 3 N–H and O–H groups in total. The summed E-state index contributed by atoms with van der Waals surface area (Å²) in [7, 11) is 1.66. The van der Waals surface area contributed by atoms with Crippen LogP contribution in [0.4, 0.5) is 0 Å². The minimum atomic E-state index is -0.533. The Bertz CT molecular complexity index is 474. The van der Waals surface area contributed by atoms with Gasteiger partial charge in [0.1, 0.15) is 0 Å². The van der Waals surface area contributed by atoms with Gasteiger partial charge in [0, 0.05) is 20.2 Å². The fourth-order valence-electron chi connectivity index (χ4n) is 1.68. The first-order valence-electron chi connectivity index (χ1n) is 6.64. The van der Waals surface area contributed by atoms with E-state index in [-0.39, 0.29) is 19.0 Å². The molecule has 0 saturated heterocycles. The molecule has 0 aliphatic heterocycles. The Balaban J connectivity index is 0.00000441. The number of primary amides is 1. The van der Waals surface area contributed by atoms with Crippen LogP contribution in [-0.2, 0) is 16.1 Å². The molecule has 1 aromatic carbocycles. The number of ether oxygens (including phenoxy) is 3. The molecule has 1 amide bonds. The van der Waals surface area contributed by atoms with Crippen molar-refractivity contribution in [3.05, 3.63) is 22.2 Å². The Labute approximate surface area is 145 Å². The molecule has 1 rings (SSSR count). The maximum absolute atomic E-state index is 10.8. The van der Waals surface area contributed by atoms with E-state index in [1.165, 1.54) is 0 Å². The highest BCUT2D eigenvalue weighted by atomic mass is 79.9. The second kappa shape index (κ2) is 11.5. The van der Waals surface area contributed by atoms with E-state index in [1.807, 2.05) is 19.1 Å². The van der Waals surface area contributed by atoms with E-state index < -0.39 is 5.91 Å². The molecule has 126 valence electrons. The summed E-state index contributed by atoms with van der Waals surface area (Å²) >= 11 is 3.43. The van der Waals surface area contributed by atoms with E-state index in [9.17, 15) is 4.79 Å². The van der Waals surface area contributed by atoms with Crippen LogP contribution >= 0.6 is 28.3 Å². The van der Waals surface area contributed by atoms with Crippen molar-refractivity contribution in [1.82, 2.24) is 5.32 Å². The fourth-order valence-corrected chi connectivity index (χ4v) is 2.28. The summed E-state index contributed by atoms with van der Waals surface area (Å²) in [6.07, 6.45) is 0. The van der Waals surface area contributed by atoms with Crippen LogP contribution in [0.2, 0.25) is 0 Å². The SMILES string of the molecule is CCOc1cc(CNCCOC)cc(Br)c1OCC(N)=O.Cl. The first kappa shape index (κ1) is 21.0. The van der Waals surface area contributed by atoms with E-state index in [0.29, 0.717) is 31.3 Å². The molecule has 0 fully saturated rings. The smallest absolute Gasteiger partial charge is 0.255 e. The molecular weight excluding hydrogens is 376 g/mol. The molecule has 0 radical (unpaired) electrons. The largest absolute Gasteiger partial charge is 0.490 e. The highest BCUT2D eigenvalue weighted by Gasteiger charge is 2.13.